The molecule has 2 aliphatic rings. The van der Waals surface area contributed by atoms with E-state index in [9.17, 15) is 0 Å². The van der Waals surface area contributed by atoms with Crippen LogP contribution in [0.25, 0.3) is 0 Å². The minimum Gasteiger partial charge on any atom is -0.508 e. The van der Waals surface area contributed by atoms with Crippen LogP contribution < -0.4 is 0 Å². The van der Waals surface area contributed by atoms with Gasteiger partial charge >= 0.3 is 26.2 Å². The Morgan fingerprint density at radius 1 is 0.613 bits per heavy atom. The van der Waals surface area contributed by atoms with E-state index in [0.29, 0.717) is 23.3 Å². The molecule has 31 heavy (non-hydrogen) atoms. The van der Waals surface area contributed by atoms with Gasteiger partial charge in [0, 0.05) is 0 Å². The van der Waals surface area contributed by atoms with Gasteiger partial charge in [-0.05, 0) is 47.2 Å². The average Bonchev–Trinajstić information content (AvgIpc) is 3.48. The van der Waals surface area contributed by atoms with Crippen LogP contribution in [0.15, 0.2) is 85.0 Å². The second kappa shape index (κ2) is 17.6. The summed E-state index contributed by atoms with van der Waals surface area (Å²) in [5, 5.41) is 17.9. The minimum absolute atomic E-state index is 0. The molecule has 3 heteroatoms. The number of benzene rings is 2. The normalized spacial score (nSPS) is 12.3. The summed E-state index contributed by atoms with van der Waals surface area (Å²) in [5.41, 5.74) is 2.52. The van der Waals surface area contributed by atoms with Crippen LogP contribution in [0.2, 0.25) is 0 Å². The molecule has 0 saturated heterocycles. The average molecular weight is 494 g/mol. The Balaban J connectivity index is 0.000000401. The van der Waals surface area contributed by atoms with Crippen molar-refractivity contribution in [1.29, 1.82) is 0 Å². The van der Waals surface area contributed by atoms with Crippen LogP contribution in [0.1, 0.15) is 63.5 Å². The molecule has 0 atom stereocenters. The Morgan fingerprint density at radius 2 is 0.935 bits per heavy atom. The summed E-state index contributed by atoms with van der Waals surface area (Å²) in [7, 11) is 0. The number of aromatic hydroxyl groups is 2. The topological polar surface area (TPSA) is 40.5 Å². The molecule has 0 unspecified atom stereocenters. The van der Waals surface area contributed by atoms with E-state index in [1.807, 2.05) is 48.6 Å². The van der Waals surface area contributed by atoms with Crippen molar-refractivity contribution in [3.63, 3.8) is 0 Å². The fraction of sp³-hybridized carbons (Fsp3) is 0.286. The van der Waals surface area contributed by atoms with E-state index in [-0.39, 0.29) is 26.2 Å². The summed E-state index contributed by atoms with van der Waals surface area (Å²) in [5.74, 6) is 1.76. The van der Waals surface area contributed by atoms with Crippen molar-refractivity contribution >= 4 is 0 Å². The fourth-order valence-corrected chi connectivity index (χ4v) is 2.40. The van der Waals surface area contributed by atoms with Gasteiger partial charge in [-0.15, -0.1) is 12.8 Å². The Morgan fingerprint density at radius 3 is 1.10 bits per heavy atom. The number of allylic oxidation sites excluding steroid dienone is 8. The SMILES string of the molecule is CC(C)c1ccc(O)cc1.CC(C)c1ccc(O)cc1.[C-]1=CC=CC1.[C-]1=CC=CC1.[Zr+2]. The fourth-order valence-electron chi connectivity index (χ4n) is 2.40. The van der Waals surface area contributed by atoms with Crippen molar-refractivity contribution in [2.45, 2.75) is 52.4 Å². The molecule has 2 aromatic rings. The first-order valence-corrected chi connectivity index (χ1v) is 10.4. The van der Waals surface area contributed by atoms with Crippen molar-refractivity contribution in [2.75, 3.05) is 0 Å². The zero-order chi connectivity index (χ0) is 22.2. The standard InChI is InChI=1S/2C9H12O.2C5H5.Zr/c2*1-7(2)8-3-5-9(10)6-4-8;2*1-2-4-5-3-1;/h2*3-7,10H,1-2H3;2*1-3H,4H2;/q;;2*-1;+2. The zero-order valence-electron chi connectivity index (χ0n) is 19.0. The Hall–Kier alpha value is -2.12. The van der Waals surface area contributed by atoms with E-state index in [4.69, 9.17) is 10.2 Å². The van der Waals surface area contributed by atoms with Gasteiger partial charge in [-0.1, -0.05) is 52.0 Å². The molecule has 0 amide bonds. The maximum absolute atomic E-state index is 8.94. The van der Waals surface area contributed by atoms with Gasteiger partial charge in [0.05, 0.1) is 0 Å². The molecule has 0 aliphatic heterocycles. The first kappa shape index (κ1) is 28.9. The van der Waals surface area contributed by atoms with E-state index in [0.717, 1.165) is 12.8 Å². The number of hydrogen-bond acceptors (Lipinski definition) is 2. The predicted molar refractivity (Wildman–Crippen MR) is 128 cm³/mol. The van der Waals surface area contributed by atoms with Crippen LogP contribution in [0.4, 0.5) is 0 Å². The van der Waals surface area contributed by atoms with Gasteiger partial charge in [-0.2, -0.15) is 12.2 Å². The molecule has 0 aromatic heterocycles. The molecule has 2 aliphatic carbocycles. The number of rotatable bonds is 2. The molecule has 4 rings (SSSR count). The first-order valence-electron chi connectivity index (χ1n) is 10.4. The summed E-state index contributed by atoms with van der Waals surface area (Å²) in [4.78, 5) is 0. The first-order chi connectivity index (χ1) is 14.4. The molecule has 162 valence electrons. The van der Waals surface area contributed by atoms with Crippen molar-refractivity contribution in [2.24, 2.45) is 0 Å². The molecule has 0 heterocycles. The van der Waals surface area contributed by atoms with Crippen LogP contribution in [-0.2, 0) is 26.2 Å². The Kier molecular flexibility index (Phi) is 16.4. The van der Waals surface area contributed by atoms with E-state index in [1.165, 1.54) is 11.1 Å². The number of hydrogen-bond donors (Lipinski definition) is 2. The molecule has 2 nitrogen and oxygen atoms in total. The summed E-state index contributed by atoms with van der Waals surface area (Å²) >= 11 is 0. The molecule has 0 spiro atoms. The van der Waals surface area contributed by atoms with E-state index in [2.05, 4.69) is 52.0 Å². The summed E-state index contributed by atoms with van der Waals surface area (Å²) in [6, 6.07) is 14.6. The number of phenolic OH excluding ortho intramolecular Hbond substituents is 2. The van der Waals surface area contributed by atoms with Crippen molar-refractivity contribution in [3.05, 3.63) is 108 Å². The van der Waals surface area contributed by atoms with Gasteiger partial charge in [0.1, 0.15) is 11.5 Å². The number of phenols is 2. The molecule has 2 N–H and O–H groups in total. The van der Waals surface area contributed by atoms with Crippen molar-refractivity contribution in [3.8, 4) is 11.5 Å². The monoisotopic (exact) mass is 492 g/mol. The molecule has 0 bridgehead atoms. The van der Waals surface area contributed by atoms with Crippen LogP contribution in [-0.4, -0.2) is 10.2 Å². The zero-order valence-corrected chi connectivity index (χ0v) is 21.5. The van der Waals surface area contributed by atoms with Crippen molar-refractivity contribution < 1.29 is 36.4 Å². The molecule has 2 aromatic carbocycles. The quantitative estimate of drug-likeness (QED) is 0.422. The third-order valence-electron chi connectivity index (χ3n) is 4.29. The van der Waals surface area contributed by atoms with E-state index < -0.39 is 0 Å². The summed E-state index contributed by atoms with van der Waals surface area (Å²) in [6.07, 6.45) is 20.0. The van der Waals surface area contributed by atoms with E-state index >= 15 is 0 Å². The smallest absolute Gasteiger partial charge is 0.508 e. The van der Waals surface area contributed by atoms with Crippen LogP contribution >= 0.6 is 0 Å². The predicted octanol–water partition coefficient (Wildman–Crippen LogP) is 7.64. The van der Waals surface area contributed by atoms with Gasteiger partial charge < -0.3 is 10.2 Å². The third kappa shape index (κ3) is 14.5. The maximum Gasteiger partial charge on any atom is 2.00 e. The molecule has 0 fully saturated rings. The molecular formula is C28H34O2Zr. The van der Waals surface area contributed by atoms with Crippen LogP contribution in [0.3, 0.4) is 0 Å². The van der Waals surface area contributed by atoms with E-state index in [1.54, 1.807) is 24.3 Å². The van der Waals surface area contributed by atoms with Crippen LogP contribution in [0.5, 0.6) is 11.5 Å². The molecular weight excluding hydrogens is 460 g/mol. The van der Waals surface area contributed by atoms with Gasteiger partial charge in [-0.3, -0.25) is 12.2 Å². The van der Waals surface area contributed by atoms with Crippen LogP contribution in [0, 0.1) is 12.2 Å². The Bertz CT molecular complexity index is 720. The molecule has 0 saturated carbocycles. The largest absolute Gasteiger partial charge is 2.00 e. The van der Waals surface area contributed by atoms with Gasteiger partial charge in [0.2, 0.25) is 0 Å². The summed E-state index contributed by atoms with van der Waals surface area (Å²) in [6.45, 7) is 8.53. The Labute approximate surface area is 207 Å². The van der Waals surface area contributed by atoms with Crippen molar-refractivity contribution in [1.82, 2.24) is 0 Å². The molecule has 0 radical (unpaired) electrons. The van der Waals surface area contributed by atoms with Gasteiger partial charge in [0.15, 0.2) is 0 Å². The summed E-state index contributed by atoms with van der Waals surface area (Å²) < 4.78 is 0. The van der Waals surface area contributed by atoms with Gasteiger partial charge in [0.25, 0.3) is 0 Å². The second-order valence-corrected chi connectivity index (χ2v) is 7.50. The maximum atomic E-state index is 8.94. The third-order valence-corrected chi connectivity index (χ3v) is 4.29. The van der Waals surface area contributed by atoms with Gasteiger partial charge in [-0.25, -0.2) is 24.3 Å². The minimum atomic E-state index is 0. The second-order valence-electron chi connectivity index (χ2n) is 7.50.